The number of hydrogen-bond donors (Lipinski definition) is 0. The molecule has 2 aromatic rings. The summed E-state index contributed by atoms with van der Waals surface area (Å²) in [7, 11) is 0. The molecule has 6 nitrogen and oxygen atoms in total. The van der Waals surface area contributed by atoms with Crippen molar-refractivity contribution < 1.29 is 13.9 Å². The summed E-state index contributed by atoms with van der Waals surface area (Å²) in [6, 6.07) is 5.79. The molecule has 1 aliphatic carbocycles. The van der Waals surface area contributed by atoms with Gasteiger partial charge >= 0.3 is 0 Å². The summed E-state index contributed by atoms with van der Waals surface area (Å²) in [5.74, 6) is 1.47. The number of aromatic nitrogens is 2. The smallest absolute Gasteiger partial charge is 0.226 e. The van der Waals surface area contributed by atoms with E-state index < -0.39 is 5.82 Å². The highest BCUT2D eigenvalue weighted by Crippen LogP contribution is 2.32. The molecule has 2 heterocycles. The maximum absolute atomic E-state index is 13.2. The standard InChI is InChI=1S/C20H22ClFN4O2/c1-13-11-25(7-8-26(13)20(27)14-3-2-4-14)18-10-19(24-12-23-18)28-17-6-5-15(22)9-16(17)21/h5-6,9-10,12-14H,2-4,7-8,11H2,1H3. The van der Waals surface area contributed by atoms with Crippen LogP contribution in [0.15, 0.2) is 30.6 Å². The Morgan fingerprint density at radius 3 is 2.75 bits per heavy atom. The molecule has 2 fully saturated rings. The first-order chi connectivity index (χ1) is 13.5. The van der Waals surface area contributed by atoms with Crippen molar-refractivity contribution in [3.05, 3.63) is 41.4 Å². The van der Waals surface area contributed by atoms with Gasteiger partial charge in [-0.25, -0.2) is 14.4 Å². The van der Waals surface area contributed by atoms with Crippen LogP contribution in [0.5, 0.6) is 11.6 Å². The van der Waals surface area contributed by atoms with Gasteiger partial charge in [-0.3, -0.25) is 4.79 Å². The summed E-state index contributed by atoms with van der Waals surface area (Å²) in [6.45, 7) is 4.16. The molecule has 0 spiro atoms. The number of piperazine rings is 1. The summed E-state index contributed by atoms with van der Waals surface area (Å²) in [5, 5.41) is 0.178. The molecule has 0 radical (unpaired) electrons. The molecular weight excluding hydrogens is 383 g/mol. The Balaban J connectivity index is 1.44. The molecule has 1 amide bonds. The fraction of sp³-hybridized carbons (Fsp3) is 0.450. The number of hydrogen-bond acceptors (Lipinski definition) is 5. The summed E-state index contributed by atoms with van der Waals surface area (Å²) in [6.07, 6.45) is 4.62. The highest BCUT2D eigenvalue weighted by molar-refractivity contribution is 6.32. The van der Waals surface area contributed by atoms with Crippen LogP contribution in [-0.2, 0) is 4.79 Å². The van der Waals surface area contributed by atoms with Crippen molar-refractivity contribution >= 4 is 23.3 Å². The zero-order valence-corrected chi connectivity index (χ0v) is 16.4. The Morgan fingerprint density at radius 1 is 1.25 bits per heavy atom. The van der Waals surface area contributed by atoms with Crippen LogP contribution in [-0.4, -0.2) is 46.5 Å². The minimum Gasteiger partial charge on any atom is -0.437 e. The molecule has 1 saturated carbocycles. The molecular formula is C20H22ClFN4O2. The number of ether oxygens (including phenoxy) is 1. The van der Waals surface area contributed by atoms with Gasteiger partial charge in [0.1, 0.15) is 23.7 Å². The summed E-state index contributed by atoms with van der Waals surface area (Å²) in [5.41, 5.74) is 0. The Hall–Kier alpha value is -2.41. The van der Waals surface area contributed by atoms with E-state index in [1.165, 1.54) is 24.5 Å². The highest BCUT2D eigenvalue weighted by Gasteiger charge is 2.34. The lowest BCUT2D eigenvalue weighted by molar-refractivity contribution is -0.140. The Bertz CT molecular complexity index is 877. The minimum atomic E-state index is -0.427. The van der Waals surface area contributed by atoms with Gasteiger partial charge in [-0.2, -0.15) is 0 Å². The Morgan fingerprint density at radius 2 is 2.07 bits per heavy atom. The Kier molecular flexibility index (Phi) is 5.35. The van der Waals surface area contributed by atoms with Crippen molar-refractivity contribution in [3.8, 4) is 11.6 Å². The van der Waals surface area contributed by atoms with Crippen LogP contribution < -0.4 is 9.64 Å². The zero-order chi connectivity index (χ0) is 19.7. The number of halogens is 2. The van der Waals surface area contributed by atoms with Gasteiger partial charge in [0.2, 0.25) is 11.8 Å². The van der Waals surface area contributed by atoms with Crippen LogP contribution in [0.4, 0.5) is 10.2 Å². The fourth-order valence-electron chi connectivity index (χ4n) is 3.61. The third-order valence-electron chi connectivity index (χ3n) is 5.42. The third-order valence-corrected chi connectivity index (χ3v) is 5.72. The quantitative estimate of drug-likeness (QED) is 0.773. The van der Waals surface area contributed by atoms with Crippen molar-refractivity contribution in [2.75, 3.05) is 24.5 Å². The second-order valence-electron chi connectivity index (χ2n) is 7.35. The van der Waals surface area contributed by atoms with E-state index in [9.17, 15) is 9.18 Å². The van der Waals surface area contributed by atoms with Gasteiger partial charge in [-0.05, 0) is 38.0 Å². The van der Waals surface area contributed by atoms with Crippen molar-refractivity contribution in [3.63, 3.8) is 0 Å². The number of benzene rings is 1. The van der Waals surface area contributed by atoms with Crippen LogP contribution in [0, 0.1) is 11.7 Å². The summed E-state index contributed by atoms with van der Waals surface area (Å²) >= 11 is 6.02. The van der Waals surface area contributed by atoms with Crippen molar-refractivity contribution in [1.82, 2.24) is 14.9 Å². The van der Waals surface area contributed by atoms with Crippen LogP contribution in [0.25, 0.3) is 0 Å². The van der Waals surface area contributed by atoms with E-state index in [1.807, 2.05) is 4.90 Å². The summed E-state index contributed by atoms with van der Waals surface area (Å²) < 4.78 is 18.9. The summed E-state index contributed by atoms with van der Waals surface area (Å²) in [4.78, 5) is 25.2. The van der Waals surface area contributed by atoms with E-state index in [1.54, 1.807) is 6.07 Å². The minimum absolute atomic E-state index is 0.118. The lowest BCUT2D eigenvalue weighted by Gasteiger charge is -2.43. The van der Waals surface area contributed by atoms with Gasteiger partial charge in [-0.1, -0.05) is 18.0 Å². The van der Waals surface area contributed by atoms with Gasteiger partial charge in [0.25, 0.3) is 0 Å². The van der Waals surface area contributed by atoms with E-state index >= 15 is 0 Å². The molecule has 1 atom stereocenters. The van der Waals surface area contributed by atoms with Crippen LogP contribution in [0.2, 0.25) is 5.02 Å². The average molecular weight is 405 g/mol. The molecule has 2 aliphatic rings. The van der Waals surface area contributed by atoms with Crippen LogP contribution in [0.1, 0.15) is 26.2 Å². The predicted octanol–water partition coefficient (Wildman–Crippen LogP) is 3.90. The molecule has 1 aromatic heterocycles. The predicted molar refractivity (Wildman–Crippen MR) is 104 cm³/mol. The molecule has 1 aromatic carbocycles. The number of amides is 1. The number of carbonyl (C=O) groups is 1. The second kappa shape index (κ2) is 7.91. The van der Waals surface area contributed by atoms with Gasteiger partial charge in [0.15, 0.2) is 0 Å². The zero-order valence-electron chi connectivity index (χ0n) is 15.6. The number of carbonyl (C=O) groups excluding carboxylic acids is 1. The fourth-order valence-corrected chi connectivity index (χ4v) is 3.82. The molecule has 148 valence electrons. The normalized spacial score (nSPS) is 20.0. The molecule has 1 aliphatic heterocycles. The van der Waals surface area contributed by atoms with Crippen molar-refractivity contribution in [1.29, 1.82) is 0 Å². The first-order valence-corrected chi connectivity index (χ1v) is 9.89. The highest BCUT2D eigenvalue weighted by atomic mass is 35.5. The maximum Gasteiger partial charge on any atom is 0.226 e. The average Bonchev–Trinajstić information content (AvgIpc) is 2.63. The first kappa shape index (κ1) is 18.9. The number of nitrogens with zero attached hydrogens (tertiary/aromatic N) is 4. The van der Waals surface area contributed by atoms with Crippen molar-refractivity contribution in [2.24, 2.45) is 5.92 Å². The topological polar surface area (TPSA) is 58.6 Å². The molecule has 0 N–H and O–H groups in total. The third kappa shape index (κ3) is 3.90. The van der Waals surface area contributed by atoms with Crippen molar-refractivity contribution in [2.45, 2.75) is 32.2 Å². The monoisotopic (exact) mass is 404 g/mol. The van der Waals surface area contributed by atoms with Gasteiger partial charge in [0.05, 0.1) is 5.02 Å². The van der Waals surface area contributed by atoms with E-state index in [0.29, 0.717) is 31.3 Å². The molecule has 4 rings (SSSR count). The van der Waals surface area contributed by atoms with Gasteiger partial charge in [0, 0.05) is 37.7 Å². The van der Waals surface area contributed by atoms with E-state index in [4.69, 9.17) is 16.3 Å². The largest absolute Gasteiger partial charge is 0.437 e. The molecule has 8 heteroatoms. The lowest BCUT2D eigenvalue weighted by atomic mass is 9.84. The maximum atomic E-state index is 13.2. The molecule has 28 heavy (non-hydrogen) atoms. The van der Waals surface area contributed by atoms with E-state index in [-0.39, 0.29) is 22.9 Å². The SMILES string of the molecule is CC1CN(c2cc(Oc3ccc(F)cc3Cl)ncn2)CCN1C(=O)C1CCC1. The van der Waals surface area contributed by atoms with Gasteiger partial charge < -0.3 is 14.5 Å². The molecule has 1 saturated heterocycles. The van der Waals surface area contributed by atoms with Crippen LogP contribution >= 0.6 is 11.6 Å². The van der Waals surface area contributed by atoms with Crippen LogP contribution in [0.3, 0.4) is 0 Å². The first-order valence-electron chi connectivity index (χ1n) is 9.51. The number of anilines is 1. The van der Waals surface area contributed by atoms with Gasteiger partial charge in [-0.15, -0.1) is 0 Å². The Labute approximate surface area is 168 Å². The van der Waals surface area contributed by atoms with E-state index in [0.717, 1.165) is 25.1 Å². The van der Waals surface area contributed by atoms with E-state index in [2.05, 4.69) is 21.8 Å². The second-order valence-corrected chi connectivity index (χ2v) is 7.75. The number of rotatable bonds is 4. The molecule has 0 bridgehead atoms. The molecule has 1 unspecified atom stereocenters. The lowest BCUT2D eigenvalue weighted by Crippen LogP contribution is -2.56.